The van der Waals surface area contributed by atoms with Gasteiger partial charge in [0, 0.05) is 24.4 Å². The van der Waals surface area contributed by atoms with Crippen LogP contribution in [0.25, 0.3) is 0 Å². The summed E-state index contributed by atoms with van der Waals surface area (Å²) in [6, 6.07) is 5.98. The summed E-state index contributed by atoms with van der Waals surface area (Å²) in [6.07, 6.45) is 4.35. The maximum Gasteiger partial charge on any atom is 0.251 e. The lowest BCUT2D eigenvalue weighted by Crippen LogP contribution is -2.41. The highest BCUT2D eigenvalue weighted by atomic mass is 35.5. The molecule has 2 unspecified atom stereocenters. The van der Waals surface area contributed by atoms with E-state index in [1.807, 2.05) is 19.1 Å². The van der Waals surface area contributed by atoms with E-state index in [4.69, 9.17) is 4.74 Å². The molecule has 0 aliphatic carbocycles. The van der Waals surface area contributed by atoms with E-state index >= 15 is 0 Å². The summed E-state index contributed by atoms with van der Waals surface area (Å²) in [6.45, 7) is 3.83. The summed E-state index contributed by atoms with van der Waals surface area (Å²) in [5, 5.41) is 6.46. The molecule has 2 N–H and O–H groups in total. The Bertz CT molecular complexity index is 501. The Morgan fingerprint density at radius 2 is 2.29 bits per heavy atom. The van der Waals surface area contributed by atoms with Crippen molar-refractivity contribution < 1.29 is 9.53 Å². The zero-order valence-corrected chi connectivity index (χ0v) is 13.2. The Morgan fingerprint density at radius 3 is 3.05 bits per heavy atom. The Labute approximate surface area is 132 Å². The van der Waals surface area contributed by atoms with E-state index in [9.17, 15) is 4.79 Å². The van der Waals surface area contributed by atoms with E-state index in [-0.39, 0.29) is 30.5 Å². The van der Waals surface area contributed by atoms with E-state index < -0.39 is 0 Å². The molecule has 21 heavy (non-hydrogen) atoms. The zero-order chi connectivity index (χ0) is 13.9. The molecule has 0 bridgehead atoms. The Balaban J connectivity index is 0.00000161. The molecule has 0 spiro atoms. The molecule has 0 radical (unpaired) electrons. The first-order chi connectivity index (χ1) is 9.75. The number of halogens is 1. The van der Waals surface area contributed by atoms with Crippen LogP contribution in [0.15, 0.2) is 18.2 Å². The van der Waals surface area contributed by atoms with Crippen molar-refractivity contribution >= 4 is 24.0 Å². The predicted molar refractivity (Wildman–Crippen MR) is 86.4 cm³/mol. The summed E-state index contributed by atoms with van der Waals surface area (Å²) in [5.74, 6) is 0.0218. The minimum Gasteiger partial charge on any atom is -0.385 e. The van der Waals surface area contributed by atoms with Gasteiger partial charge in [-0.3, -0.25) is 4.79 Å². The number of ether oxygens (including phenoxy) is 1. The van der Waals surface area contributed by atoms with Gasteiger partial charge < -0.3 is 15.4 Å². The van der Waals surface area contributed by atoms with Gasteiger partial charge in [-0.1, -0.05) is 6.07 Å². The van der Waals surface area contributed by atoms with Crippen molar-refractivity contribution in [3.63, 3.8) is 0 Å². The molecule has 2 atom stereocenters. The van der Waals surface area contributed by atoms with Gasteiger partial charge in [-0.15, -0.1) is 12.4 Å². The molecule has 1 fully saturated rings. The summed E-state index contributed by atoms with van der Waals surface area (Å²) >= 11 is 0. The number of nitrogens with one attached hydrogen (secondary N) is 2. The molecular weight excluding hydrogens is 288 g/mol. The van der Waals surface area contributed by atoms with Crippen LogP contribution in [0.4, 0.5) is 5.69 Å². The van der Waals surface area contributed by atoms with Crippen molar-refractivity contribution in [1.82, 2.24) is 5.32 Å². The highest BCUT2D eigenvalue weighted by molar-refractivity contribution is 5.97. The SMILES string of the molecule is CC(NC(=O)c1cccc2c1CCCN2)C1CCCO1.Cl. The number of carbonyl (C=O) groups excluding carboxylic acids is 1. The smallest absolute Gasteiger partial charge is 0.251 e. The number of fused-ring (bicyclic) bond motifs is 1. The van der Waals surface area contributed by atoms with Crippen molar-refractivity contribution in [3.8, 4) is 0 Å². The molecule has 1 aromatic rings. The van der Waals surface area contributed by atoms with Crippen molar-refractivity contribution in [2.75, 3.05) is 18.5 Å². The maximum atomic E-state index is 12.5. The number of carbonyl (C=O) groups is 1. The lowest BCUT2D eigenvalue weighted by atomic mass is 9.97. The number of benzene rings is 1. The van der Waals surface area contributed by atoms with Crippen LogP contribution >= 0.6 is 12.4 Å². The van der Waals surface area contributed by atoms with E-state index in [2.05, 4.69) is 16.7 Å². The molecule has 2 aliphatic rings. The third-order valence-corrected chi connectivity index (χ3v) is 4.22. The van der Waals surface area contributed by atoms with Gasteiger partial charge in [-0.25, -0.2) is 0 Å². The Hall–Kier alpha value is -1.26. The molecule has 1 amide bonds. The average Bonchev–Trinajstić information content (AvgIpc) is 3.01. The van der Waals surface area contributed by atoms with Gasteiger partial charge in [-0.05, 0) is 50.3 Å². The third kappa shape index (κ3) is 3.50. The molecule has 1 aromatic carbocycles. The number of amides is 1. The van der Waals surface area contributed by atoms with Crippen LogP contribution in [-0.2, 0) is 11.2 Å². The van der Waals surface area contributed by atoms with Crippen LogP contribution in [-0.4, -0.2) is 31.2 Å². The first kappa shape index (κ1) is 16.1. The second-order valence-electron chi connectivity index (χ2n) is 5.68. The molecule has 3 rings (SSSR count). The molecule has 116 valence electrons. The largest absolute Gasteiger partial charge is 0.385 e. The molecular formula is C16H23ClN2O2. The van der Waals surface area contributed by atoms with E-state index in [0.717, 1.165) is 55.6 Å². The van der Waals surface area contributed by atoms with Gasteiger partial charge >= 0.3 is 0 Å². The first-order valence-corrected chi connectivity index (χ1v) is 7.54. The quantitative estimate of drug-likeness (QED) is 0.902. The third-order valence-electron chi connectivity index (χ3n) is 4.22. The number of hydrogen-bond acceptors (Lipinski definition) is 3. The summed E-state index contributed by atoms with van der Waals surface area (Å²) in [4.78, 5) is 12.5. The predicted octanol–water partition coefficient (Wildman–Crippen LogP) is 2.76. The minimum atomic E-state index is 0. The summed E-state index contributed by atoms with van der Waals surface area (Å²) in [7, 11) is 0. The van der Waals surface area contributed by atoms with Gasteiger partial charge in [0.15, 0.2) is 0 Å². The highest BCUT2D eigenvalue weighted by Gasteiger charge is 2.25. The fourth-order valence-corrected chi connectivity index (χ4v) is 3.10. The molecule has 0 aromatic heterocycles. The van der Waals surface area contributed by atoms with Crippen molar-refractivity contribution in [2.24, 2.45) is 0 Å². The first-order valence-electron chi connectivity index (χ1n) is 7.54. The fourth-order valence-electron chi connectivity index (χ4n) is 3.10. The molecule has 2 aliphatic heterocycles. The van der Waals surface area contributed by atoms with Crippen LogP contribution < -0.4 is 10.6 Å². The van der Waals surface area contributed by atoms with Crippen molar-refractivity contribution in [1.29, 1.82) is 0 Å². The monoisotopic (exact) mass is 310 g/mol. The number of hydrogen-bond donors (Lipinski definition) is 2. The summed E-state index contributed by atoms with van der Waals surface area (Å²) < 4.78 is 5.64. The van der Waals surface area contributed by atoms with Crippen LogP contribution in [0.3, 0.4) is 0 Å². The molecule has 5 heteroatoms. The van der Waals surface area contributed by atoms with Gasteiger partial charge in [0.05, 0.1) is 12.1 Å². The van der Waals surface area contributed by atoms with Crippen LogP contribution in [0.1, 0.15) is 42.1 Å². The minimum absolute atomic E-state index is 0. The Kier molecular flexibility index (Phi) is 5.48. The van der Waals surface area contributed by atoms with Crippen LogP contribution in [0.2, 0.25) is 0 Å². The molecule has 2 heterocycles. The molecule has 4 nitrogen and oxygen atoms in total. The number of anilines is 1. The topological polar surface area (TPSA) is 50.4 Å². The van der Waals surface area contributed by atoms with E-state index in [0.29, 0.717) is 0 Å². The van der Waals surface area contributed by atoms with Crippen LogP contribution in [0, 0.1) is 0 Å². The standard InChI is InChI=1S/C16H22N2O2.ClH/c1-11(15-8-4-10-20-15)18-16(19)13-5-2-7-14-12(13)6-3-9-17-14;/h2,5,7,11,15,17H,3-4,6,8-10H2,1H3,(H,18,19);1H. The van der Waals surface area contributed by atoms with Gasteiger partial charge in [0.25, 0.3) is 5.91 Å². The summed E-state index contributed by atoms with van der Waals surface area (Å²) in [5.41, 5.74) is 3.06. The lowest BCUT2D eigenvalue weighted by molar-refractivity contribution is 0.0712. The van der Waals surface area contributed by atoms with E-state index in [1.165, 1.54) is 0 Å². The van der Waals surface area contributed by atoms with Gasteiger partial charge in [0.1, 0.15) is 0 Å². The second-order valence-corrected chi connectivity index (χ2v) is 5.68. The maximum absolute atomic E-state index is 12.5. The van der Waals surface area contributed by atoms with Gasteiger partial charge in [0.2, 0.25) is 0 Å². The van der Waals surface area contributed by atoms with Gasteiger partial charge in [-0.2, -0.15) is 0 Å². The second kappa shape index (κ2) is 7.14. The number of rotatable bonds is 3. The average molecular weight is 311 g/mol. The highest BCUT2D eigenvalue weighted by Crippen LogP contribution is 2.25. The van der Waals surface area contributed by atoms with Crippen molar-refractivity contribution in [3.05, 3.63) is 29.3 Å². The Morgan fingerprint density at radius 1 is 1.43 bits per heavy atom. The lowest BCUT2D eigenvalue weighted by Gasteiger charge is -2.23. The fraction of sp³-hybridized carbons (Fsp3) is 0.562. The molecule has 1 saturated heterocycles. The van der Waals surface area contributed by atoms with Crippen molar-refractivity contribution in [2.45, 2.75) is 44.8 Å². The molecule has 0 saturated carbocycles. The van der Waals surface area contributed by atoms with E-state index in [1.54, 1.807) is 0 Å². The normalized spacial score (nSPS) is 21.7. The zero-order valence-electron chi connectivity index (χ0n) is 12.4. The van der Waals surface area contributed by atoms with Crippen LogP contribution in [0.5, 0.6) is 0 Å².